The summed E-state index contributed by atoms with van der Waals surface area (Å²) in [5.41, 5.74) is 1.08. The molecule has 96 valence electrons. The third-order valence-electron chi connectivity index (χ3n) is 2.38. The normalized spacial score (nSPS) is 10.2. The molecule has 2 rings (SSSR count). The van der Waals surface area contributed by atoms with E-state index in [1.165, 1.54) is 23.9 Å². The molecule has 0 amide bonds. The van der Waals surface area contributed by atoms with Crippen LogP contribution in [0.25, 0.3) is 0 Å². The minimum atomic E-state index is -0.399. The Kier molecular flexibility index (Phi) is 4.71. The highest BCUT2D eigenvalue weighted by molar-refractivity contribution is 7.98. The minimum Gasteiger partial charge on any atom is -0.207 e. The molecule has 0 aliphatic heterocycles. The molecule has 0 aliphatic rings. The molecule has 0 radical (unpaired) electrons. The second-order valence-electron chi connectivity index (χ2n) is 3.82. The molecule has 19 heavy (non-hydrogen) atoms. The fourth-order valence-corrected chi connectivity index (χ4v) is 2.76. The lowest BCUT2D eigenvalue weighted by Crippen LogP contribution is -1.86. The van der Waals surface area contributed by atoms with Gasteiger partial charge in [0.25, 0.3) is 0 Å². The molecule has 1 nitrogen and oxygen atoms in total. The lowest BCUT2D eigenvalue weighted by molar-refractivity contribution is 0.626. The van der Waals surface area contributed by atoms with Crippen molar-refractivity contribution >= 4 is 35.0 Å². The van der Waals surface area contributed by atoms with Gasteiger partial charge in [0.15, 0.2) is 0 Å². The molecular weight excluding hydrogens is 304 g/mol. The van der Waals surface area contributed by atoms with Crippen LogP contribution in [0.4, 0.5) is 4.39 Å². The standard InChI is InChI=1S/C14H8Cl2FNS/c15-13-2-1-12(6-14(13)16)19-8-10-3-9(7-18)4-11(17)5-10/h1-6H,8H2. The van der Waals surface area contributed by atoms with Crippen molar-refractivity contribution in [1.29, 1.82) is 5.26 Å². The van der Waals surface area contributed by atoms with Gasteiger partial charge in [0.05, 0.1) is 21.7 Å². The molecule has 0 saturated heterocycles. The van der Waals surface area contributed by atoms with Crippen LogP contribution in [0.15, 0.2) is 41.3 Å². The molecular formula is C14H8Cl2FNS. The van der Waals surface area contributed by atoms with E-state index in [0.717, 1.165) is 10.5 Å². The largest absolute Gasteiger partial charge is 0.207 e. The average Bonchev–Trinajstić information content (AvgIpc) is 2.39. The Balaban J connectivity index is 2.12. The SMILES string of the molecule is N#Cc1cc(F)cc(CSc2ccc(Cl)c(Cl)c2)c1. The Morgan fingerprint density at radius 3 is 2.58 bits per heavy atom. The summed E-state index contributed by atoms with van der Waals surface area (Å²) < 4.78 is 13.3. The fourth-order valence-electron chi connectivity index (χ4n) is 1.53. The molecule has 0 unspecified atom stereocenters. The Morgan fingerprint density at radius 1 is 1.11 bits per heavy atom. The third kappa shape index (κ3) is 3.87. The van der Waals surface area contributed by atoms with Gasteiger partial charge in [-0.1, -0.05) is 23.2 Å². The van der Waals surface area contributed by atoms with E-state index in [9.17, 15) is 4.39 Å². The number of halogens is 3. The summed E-state index contributed by atoms with van der Waals surface area (Å²) in [5.74, 6) is 0.161. The van der Waals surface area contributed by atoms with Crippen LogP contribution in [-0.4, -0.2) is 0 Å². The number of nitrogens with zero attached hydrogens (tertiary/aromatic N) is 1. The van der Waals surface area contributed by atoms with E-state index >= 15 is 0 Å². The van der Waals surface area contributed by atoms with Gasteiger partial charge < -0.3 is 0 Å². The summed E-state index contributed by atoms with van der Waals surface area (Å²) in [6.07, 6.45) is 0. The number of hydrogen-bond acceptors (Lipinski definition) is 2. The first-order valence-corrected chi connectivity index (χ1v) is 7.10. The van der Waals surface area contributed by atoms with Gasteiger partial charge in [0, 0.05) is 10.6 Å². The van der Waals surface area contributed by atoms with Crippen LogP contribution in [0.3, 0.4) is 0 Å². The van der Waals surface area contributed by atoms with Crippen LogP contribution < -0.4 is 0 Å². The van der Waals surface area contributed by atoms with Crippen molar-refractivity contribution in [3.05, 3.63) is 63.4 Å². The highest BCUT2D eigenvalue weighted by Gasteiger charge is 2.04. The van der Waals surface area contributed by atoms with Crippen LogP contribution >= 0.6 is 35.0 Å². The lowest BCUT2D eigenvalue weighted by atomic mass is 10.1. The van der Waals surface area contributed by atoms with Crippen LogP contribution in [0.5, 0.6) is 0 Å². The highest BCUT2D eigenvalue weighted by atomic mass is 35.5. The molecule has 0 atom stereocenters. The number of thioether (sulfide) groups is 1. The van der Waals surface area contributed by atoms with Crippen molar-refractivity contribution in [3.63, 3.8) is 0 Å². The average molecular weight is 312 g/mol. The zero-order valence-electron chi connectivity index (χ0n) is 9.66. The van der Waals surface area contributed by atoms with Crippen LogP contribution in [-0.2, 0) is 5.75 Å². The summed E-state index contributed by atoms with van der Waals surface area (Å²) in [6.45, 7) is 0. The highest BCUT2D eigenvalue weighted by Crippen LogP contribution is 2.30. The molecule has 5 heteroatoms. The van der Waals surface area contributed by atoms with Crippen molar-refractivity contribution in [2.45, 2.75) is 10.6 Å². The van der Waals surface area contributed by atoms with Gasteiger partial charge in [-0.25, -0.2) is 4.39 Å². The van der Waals surface area contributed by atoms with Crippen LogP contribution in [0, 0.1) is 17.1 Å². The molecule has 0 heterocycles. The van der Waals surface area contributed by atoms with Gasteiger partial charge in [-0.15, -0.1) is 11.8 Å². The van der Waals surface area contributed by atoms with Gasteiger partial charge in [0.2, 0.25) is 0 Å². The van der Waals surface area contributed by atoms with Crippen molar-refractivity contribution in [3.8, 4) is 6.07 Å². The number of rotatable bonds is 3. The first-order valence-electron chi connectivity index (χ1n) is 5.36. The van der Waals surface area contributed by atoms with Gasteiger partial charge in [-0.2, -0.15) is 5.26 Å². The van der Waals surface area contributed by atoms with Gasteiger partial charge in [-0.05, 0) is 42.0 Å². The Bertz CT molecular complexity index is 652. The van der Waals surface area contributed by atoms with Crippen LogP contribution in [0.2, 0.25) is 10.0 Å². The topological polar surface area (TPSA) is 23.8 Å². The van der Waals surface area contributed by atoms with Gasteiger partial charge >= 0.3 is 0 Å². The summed E-state index contributed by atoms with van der Waals surface area (Å²) in [6, 6.07) is 11.6. The Hall–Kier alpha value is -1.21. The molecule has 2 aromatic rings. The molecule has 0 N–H and O–H groups in total. The Labute approximate surface area is 125 Å². The van der Waals surface area contributed by atoms with Crippen molar-refractivity contribution in [2.24, 2.45) is 0 Å². The predicted molar refractivity (Wildman–Crippen MR) is 77.1 cm³/mol. The van der Waals surface area contributed by atoms with E-state index in [1.807, 2.05) is 12.1 Å². The molecule has 0 saturated carbocycles. The van der Waals surface area contributed by atoms with E-state index in [1.54, 1.807) is 18.2 Å². The van der Waals surface area contributed by atoms with Gasteiger partial charge in [0.1, 0.15) is 5.82 Å². The second kappa shape index (κ2) is 6.29. The zero-order valence-corrected chi connectivity index (χ0v) is 12.0. The fraction of sp³-hybridized carbons (Fsp3) is 0.0714. The third-order valence-corrected chi connectivity index (χ3v) is 4.19. The molecule has 0 bridgehead atoms. The minimum absolute atomic E-state index is 0.324. The summed E-state index contributed by atoms with van der Waals surface area (Å²) in [7, 11) is 0. The summed E-state index contributed by atoms with van der Waals surface area (Å²) in [4.78, 5) is 0.942. The van der Waals surface area contributed by atoms with E-state index in [2.05, 4.69) is 0 Å². The number of benzene rings is 2. The number of nitriles is 1. The second-order valence-corrected chi connectivity index (χ2v) is 5.69. The number of hydrogen-bond donors (Lipinski definition) is 0. The lowest BCUT2D eigenvalue weighted by Gasteiger charge is -2.04. The first kappa shape index (κ1) is 14.2. The van der Waals surface area contributed by atoms with E-state index in [0.29, 0.717) is 21.4 Å². The molecule has 2 aromatic carbocycles. The maximum absolute atomic E-state index is 13.3. The summed E-state index contributed by atoms with van der Waals surface area (Å²) >= 11 is 13.3. The van der Waals surface area contributed by atoms with Crippen molar-refractivity contribution < 1.29 is 4.39 Å². The first-order chi connectivity index (χ1) is 9.08. The van der Waals surface area contributed by atoms with E-state index in [-0.39, 0.29) is 0 Å². The van der Waals surface area contributed by atoms with Gasteiger partial charge in [-0.3, -0.25) is 0 Å². The molecule has 0 spiro atoms. The van der Waals surface area contributed by atoms with E-state index in [4.69, 9.17) is 28.5 Å². The predicted octanol–water partition coefficient (Wildman–Crippen LogP) is 5.30. The maximum atomic E-state index is 13.3. The smallest absolute Gasteiger partial charge is 0.124 e. The molecule has 0 aromatic heterocycles. The van der Waals surface area contributed by atoms with Crippen molar-refractivity contribution in [2.75, 3.05) is 0 Å². The Morgan fingerprint density at radius 2 is 1.89 bits per heavy atom. The quantitative estimate of drug-likeness (QED) is 0.718. The maximum Gasteiger partial charge on any atom is 0.124 e. The molecule has 0 fully saturated rings. The van der Waals surface area contributed by atoms with Crippen LogP contribution in [0.1, 0.15) is 11.1 Å². The zero-order chi connectivity index (χ0) is 13.8. The summed E-state index contributed by atoms with van der Waals surface area (Å²) in [5, 5.41) is 9.78. The monoisotopic (exact) mass is 311 g/mol. The van der Waals surface area contributed by atoms with E-state index < -0.39 is 5.82 Å². The molecule has 0 aliphatic carbocycles. The van der Waals surface area contributed by atoms with Crippen molar-refractivity contribution in [1.82, 2.24) is 0 Å².